The average Bonchev–Trinajstić information content (AvgIpc) is 3.27. The monoisotopic (exact) mass is 510 g/mol. The maximum atomic E-state index is 14.9. The number of aromatic nitrogens is 3. The van der Waals surface area contributed by atoms with Crippen molar-refractivity contribution in [1.82, 2.24) is 19.9 Å². The van der Waals surface area contributed by atoms with Crippen LogP contribution >= 0.6 is 0 Å². The van der Waals surface area contributed by atoms with Crippen LogP contribution < -0.4 is 10.6 Å². The van der Waals surface area contributed by atoms with Crippen molar-refractivity contribution in [3.63, 3.8) is 0 Å². The Morgan fingerprint density at radius 1 is 1.11 bits per heavy atom. The molecule has 2 aromatic carbocycles. The minimum atomic E-state index is -3.46. The summed E-state index contributed by atoms with van der Waals surface area (Å²) in [5.41, 5.74) is 2.43. The van der Waals surface area contributed by atoms with Gasteiger partial charge in [0.1, 0.15) is 5.82 Å². The van der Waals surface area contributed by atoms with Gasteiger partial charge in [-0.3, -0.25) is 4.90 Å². The van der Waals surface area contributed by atoms with Gasteiger partial charge in [-0.15, -0.1) is 0 Å². The fraction of sp³-hybridized carbons (Fsp3) is 0.280. The van der Waals surface area contributed by atoms with E-state index in [-0.39, 0.29) is 22.4 Å². The van der Waals surface area contributed by atoms with E-state index in [1.54, 1.807) is 48.5 Å². The molecule has 3 heterocycles. The first-order valence-electron chi connectivity index (χ1n) is 11.7. The Hall–Kier alpha value is -3.54. The first-order valence-corrected chi connectivity index (χ1v) is 13.3. The van der Waals surface area contributed by atoms with Crippen molar-refractivity contribution in [2.45, 2.75) is 11.8 Å². The highest BCUT2D eigenvalue weighted by Gasteiger charge is 2.19. The minimum absolute atomic E-state index is 0.0307. The highest BCUT2D eigenvalue weighted by Crippen LogP contribution is 2.27. The van der Waals surface area contributed by atoms with E-state index >= 15 is 0 Å². The first kappa shape index (κ1) is 24.2. The van der Waals surface area contributed by atoms with Crippen LogP contribution in [-0.4, -0.2) is 66.9 Å². The van der Waals surface area contributed by atoms with Gasteiger partial charge < -0.3 is 20.4 Å². The molecule has 1 aliphatic rings. The van der Waals surface area contributed by atoms with Crippen LogP contribution in [0.5, 0.6) is 0 Å². The molecule has 0 aliphatic carbocycles. The smallest absolute Gasteiger partial charge is 0.229 e. The van der Waals surface area contributed by atoms with Crippen molar-refractivity contribution in [1.29, 1.82) is 0 Å². The number of anilines is 4. The number of hydrogen-bond donors (Lipinski definition) is 3. The second-order valence-corrected chi connectivity index (χ2v) is 10.8. The number of aryl methyl sites for hydroxylation is 1. The van der Waals surface area contributed by atoms with Crippen LogP contribution in [0.2, 0.25) is 0 Å². The maximum Gasteiger partial charge on any atom is 0.229 e. The molecule has 36 heavy (non-hydrogen) atoms. The number of benzene rings is 2. The van der Waals surface area contributed by atoms with Crippen LogP contribution in [0.3, 0.4) is 0 Å². The molecule has 3 N–H and O–H groups in total. The normalized spacial score (nSPS) is 14.7. The minimum Gasteiger partial charge on any atom is -0.379 e. The number of ether oxygens (including phenoxy) is 1. The Morgan fingerprint density at radius 3 is 2.78 bits per heavy atom. The van der Waals surface area contributed by atoms with E-state index in [1.165, 1.54) is 6.20 Å². The Bertz CT molecular complexity index is 1480. The number of H-pyrrole nitrogens is 1. The third-order valence-electron chi connectivity index (χ3n) is 6.02. The van der Waals surface area contributed by atoms with E-state index in [4.69, 9.17) is 4.74 Å². The predicted molar refractivity (Wildman–Crippen MR) is 137 cm³/mol. The van der Waals surface area contributed by atoms with Gasteiger partial charge in [0.15, 0.2) is 15.7 Å². The zero-order valence-corrected chi connectivity index (χ0v) is 20.6. The Labute approximate surface area is 208 Å². The molecule has 0 spiro atoms. The molecule has 0 atom stereocenters. The lowest BCUT2D eigenvalue weighted by molar-refractivity contribution is 0.0408. The lowest BCUT2D eigenvalue weighted by atomic mass is 10.2. The molecule has 1 fully saturated rings. The SMILES string of the molecule is Cc1cc2c(F)c(Nc3ccnc(Nc4cccc(S(=O)(=O)CCN5CCOCC5)c4)n3)ccc2[nH]1. The second kappa shape index (κ2) is 10.2. The van der Waals surface area contributed by atoms with Crippen LogP contribution in [-0.2, 0) is 14.6 Å². The summed E-state index contributed by atoms with van der Waals surface area (Å²) in [5, 5.41) is 6.53. The molecule has 0 radical (unpaired) electrons. The molecule has 188 valence electrons. The fourth-order valence-corrected chi connectivity index (χ4v) is 5.45. The quantitative estimate of drug-likeness (QED) is 0.326. The summed E-state index contributed by atoms with van der Waals surface area (Å²) < 4.78 is 46.1. The molecule has 1 saturated heterocycles. The number of halogens is 1. The summed E-state index contributed by atoms with van der Waals surface area (Å²) in [6.45, 7) is 5.06. The predicted octanol–water partition coefficient (Wildman–Crippen LogP) is 4.00. The Balaban J connectivity index is 1.29. The molecule has 11 heteroatoms. The van der Waals surface area contributed by atoms with Crippen molar-refractivity contribution in [3.8, 4) is 0 Å². The summed E-state index contributed by atoms with van der Waals surface area (Å²) in [4.78, 5) is 14.0. The molecule has 0 amide bonds. The van der Waals surface area contributed by atoms with Crippen LogP contribution in [0.1, 0.15) is 5.69 Å². The largest absolute Gasteiger partial charge is 0.379 e. The van der Waals surface area contributed by atoms with Gasteiger partial charge >= 0.3 is 0 Å². The number of aromatic amines is 1. The second-order valence-electron chi connectivity index (χ2n) is 8.66. The van der Waals surface area contributed by atoms with E-state index in [1.807, 2.05) is 6.92 Å². The van der Waals surface area contributed by atoms with Gasteiger partial charge in [0, 0.05) is 48.1 Å². The third kappa shape index (κ3) is 5.48. The van der Waals surface area contributed by atoms with Gasteiger partial charge in [-0.2, -0.15) is 4.98 Å². The van der Waals surface area contributed by atoms with Crippen molar-refractivity contribution >= 4 is 43.9 Å². The summed E-state index contributed by atoms with van der Waals surface area (Å²) in [6, 6.07) is 13.4. The van der Waals surface area contributed by atoms with Crippen molar-refractivity contribution < 1.29 is 17.5 Å². The van der Waals surface area contributed by atoms with Gasteiger partial charge in [-0.25, -0.2) is 17.8 Å². The van der Waals surface area contributed by atoms with Crippen molar-refractivity contribution in [3.05, 3.63) is 66.2 Å². The van der Waals surface area contributed by atoms with Crippen molar-refractivity contribution in [2.24, 2.45) is 0 Å². The molecule has 4 aromatic rings. The summed E-state index contributed by atoms with van der Waals surface area (Å²) in [7, 11) is -3.46. The number of morpholine rings is 1. The molecule has 1 aliphatic heterocycles. The van der Waals surface area contributed by atoms with E-state index in [2.05, 4.69) is 30.5 Å². The van der Waals surface area contributed by atoms with Gasteiger partial charge in [0.2, 0.25) is 5.95 Å². The molecule has 5 rings (SSSR count). The van der Waals surface area contributed by atoms with Crippen LogP contribution in [0.25, 0.3) is 10.9 Å². The summed E-state index contributed by atoms with van der Waals surface area (Å²) in [6.07, 6.45) is 1.54. The standard InChI is InChI=1S/C25H27FN6O3S/c1-17-15-20-21(28-17)5-6-22(24(20)26)30-23-7-8-27-25(31-23)29-18-3-2-4-19(16-18)36(33,34)14-11-32-9-12-35-13-10-32/h2-8,15-16,28H,9-14H2,1H3,(H2,27,29,30,31). The molecule has 0 unspecified atom stereocenters. The van der Waals surface area contributed by atoms with E-state index in [0.29, 0.717) is 42.3 Å². The fourth-order valence-electron chi connectivity index (χ4n) is 4.12. The van der Waals surface area contributed by atoms with Gasteiger partial charge in [0.05, 0.1) is 29.5 Å². The van der Waals surface area contributed by atoms with E-state index in [0.717, 1.165) is 24.3 Å². The molecule has 9 nitrogen and oxygen atoms in total. The lowest BCUT2D eigenvalue weighted by Crippen LogP contribution is -2.39. The molecular formula is C25H27FN6O3S. The van der Waals surface area contributed by atoms with Crippen LogP contribution in [0.15, 0.2) is 59.6 Å². The highest BCUT2D eigenvalue weighted by atomic mass is 32.2. The topological polar surface area (TPSA) is 112 Å². The maximum absolute atomic E-state index is 14.9. The van der Waals surface area contributed by atoms with Crippen LogP contribution in [0, 0.1) is 12.7 Å². The Kier molecular flexibility index (Phi) is 6.86. The van der Waals surface area contributed by atoms with Crippen molar-refractivity contribution in [2.75, 3.05) is 49.2 Å². The molecule has 0 saturated carbocycles. The van der Waals surface area contributed by atoms with Gasteiger partial charge in [-0.1, -0.05) is 6.07 Å². The molecule has 2 aromatic heterocycles. The van der Waals surface area contributed by atoms with Crippen LogP contribution in [0.4, 0.5) is 27.5 Å². The Morgan fingerprint density at radius 2 is 1.94 bits per heavy atom. The number of sulfone groups is 1. The number of nitrogens with zero attached hydrogens (tertiary/aromatic N) is 3. The number of fused-ring (bicyclic) bond motifs is 1. The molecular weight excluding hydrogens is 483 g/mol. The third-order valence-corrected chi connectivity index (χ3v) is 7.71. The number of hydrogen-bond acceptors (Lipinski definition) is 8. The number of nitrogens with one attached hydrogen (secondary N) is 3. The molecule has 0 bridgehead atoms. The van der Waals surface area contributed by atoms with E-state index < -0.39 is 9.84 Å². The van der Waals surface area contributed by atoms with Gasteiger partial charge in [0.25, 0.3) is 0 Å². The lowest BCUT2D eigenvalue weighted by Gasteiger charge is -2.26. The summed E-state index contributed by atoms with van der Waals surface area (Å²) in [5.74, 6) is 0.303. The summed E-state index contributed by atoms with van der Waals surface area (Å²) >= 11 is 0. The van der Waals surface area contributed by atoms with E-state index in [9.17, 15) is 12.8 Å². The van der Waals surface area contributed by atoms with Gasteiger partial charge in [-0.05, 0) is 49.4 Å². The number of rotatable bonds is 8. The average molecular weight is 511 g/mol. The highest BCUT2D eigenvalue weighted by molar-refractivity contribution is 7.91. The zero-order chi connectivity index (χ0) is 25.1. The first-order chi connectivity index (χ1) is 17.4. The zero-order valence-electron chi connectivity index (χ0n) is 19.8.